The molecule has 0 radical (unpaired) electrons. The number of nitrogens with one attached hydrogen (secondary N) is 1. The van der Waals surface area contributed by atoms with Crippen LogP contribution < -0.4 is 5.32 Å². The predicted octanol–water partition coefficient (Wildman–Crippen LogP) is 5.65. The third kappa shape index (κ3) is 5.18. The highest BCUT2D eigenvalue weighted by Gasteiger charge is 2.20. The first kappa shape index (κ1) is 23.0. The highest BCUT2D eigenvalue weighted by molar-refractivity contribution is 7.98. The molecule has 1 N–H and O–H groups in total. The van der Waals surface area contributed by atoms with E-state index in [1.807, 2.05) is 47.9 Å². The van der Waals surface area contributed by atoms with Crippen LogP contribution >= 0.6 is 23.1 Å². The van der Waals surface area contributed by atoms with E-state index in [4.69, 9.17) is 4.42 Å². The minimum absolute atomic E-state index is 0.273. The Kier molecular flexibility index (Phi) is 6.73. The summed E-state index contributed by atoms with van der Waals surface area (Å²) < 4.78 is 20.6. The van der Waals surface area contributed by atoms with E-state index in [1.165, 1.54) is 35.2 Å². The van der Waals surface area contributed by atoms with E-state index in [-0.39, 0.29) is 11.7 Å². The Labute approximate surface area is 209 Å². The Balaban J connectivity index is 1.30. The number of hydrogen-bond donors (Lipinski definition) is 1. The molecule has 2 aromatic carbocycles. The van der Waals surface area contributed by atoms with Gasteiger partial charge in [0.1, 0.15) is 16.5 Å². The Bertz CT molecular complexity index is 1450. The number of thiazole rings is 1. The van der Waals surface area contributed by atoms with Gasteiger partial charge in [-0.05, 0) is 48.4 Å². The average Bonchev–Trinajstić information content (AvgIpc) is 3.63. The molecule has 7 nitrogen and oxygen atoms in total. The molecule has 0 spiro atoms. The fourth-order valence-corrected chi connectivity index (χ4v) is 5.18. The summed E-state index contributed by atoms with van der Waals surface area (Å²) in [4.78, 5) is 17.0. The lowest BCUT2D eigenvalue weighted by atomic mass is 10.2. The molecule has 35 heavy (non-hydrogen) atoms. The number of nitrogens with zero attached hydrogens (tertiary/aromatic N) is 4. The number of para-hydroxylation sites is 1. The highest BCUT2D eigenvalue weighted by Crippen LogP contribution is 2.31. The molecule has 0 saturated carbocycles. The number of furan rings is 1. The largest absolute Gasteiger partial charge is 0.461 e. The van der Waals surface area contributed by atoms with Gasteiger partial charge >= 0.3 is 0 Å². The monoisotopic (exact) mass is 505 g/mol. The number of amides is 1. The molecule has 176 valence electrons. The van der Waals surface area contributed by atoms with Crippen LogP contribution in [0.25, 0.3) is 17.3 Å². The molecule has 0 saturated heterocycles. The molecule has 1 amide bonds. The summed E-state index contributed by atoms with van der Waals surface area (Å²) in [6, 6.07) is 17.7. The van der Waals surface area contributed by atoms with Crippen LogP contribution in [0.1, 0.15) is 26.6 Å². The van der Waals surface area contributed by atoms with Gasteiger partial charge in [0.2, 0.25) is 5.82 Å². The molecule has 3 heterocycles. The van der Waals surface area contributed by atoms with Crippen LogP contribution in [-0.2, 0) is 12.3 Å². The second-order valence-corrected chi connectivity index (χ2v) is 9.51. The number of carbonyl (C=O) groups excluding carboxylic acids is 1. The van der Waals surface area contributed by atoms with Crippen molar-refractivity contribution in [3.05, 3.63) is 100.0 Å². The summed E-state index contributed by atoms with van der Waals surface area (Å²) in [5.41, 5.74) is 3.21. The number of halogens is 1. The summed E-state index contributed by atoms with van der Waals surface area (Å²) in [6.07, 6.45) is 1.61. The maximum absolute atomic E-state index is 13.0. The highest BCUT2D eigenvalue weighted by atomic mass is 32.2. The lowest BCUT2D eigenvalue weighted by Gasteiger charge is -2.11. The van der Waals surface area contributed by atoms with Gasteiger partial charge in [-0.25, -0.2) is 9.37 Å². The summed E-state index contributed by atoms with van der Waals surface area (Å²) in [5, 5.41) is 14.8. The molecule has 0 fully saturated rings. The van der Waals surface area contributed by atoms with Crippen LogP contribution in [0.5, 0.6) is 0 Å². The van der Waals surface area contributed by atoms with Gasteiger partial charge in [0.15, 0.2) is 10.9 Å². The van der Waals surface area contributed by atoms with Crippen molar-refractivity contribution < 1.29 is 13.6 Å². The number of thioether (sulfide) groups is 1. The molecule has 5 rings (SSSR count). The molecule has 0 unspecified atom stereocenters. The zero-order valence-corrected chi connectivity index (χ0v) is 20.3. The van der Waals surface area contributed by atoms with E-state index in [1.54, 1.807) is 23.8 Å². The van der Waals surface area contributed by atoms with Gasteiger partial charge in [0.25, 0.3) is 5.91 Å². The molecule has 10 heteroatoms. The molecule has 0 atom stereocenters. The van der Waals surface area contributed by atoms with Gasteiger partial charge < -0.3 is 9.73 Å². The zero-order valence-electron chi connectivity index (χ0n) is 18.6. The van der Waals surface area contributed by atoms with Gasteiger partial charge in [-0.2, -0.15) is 0 Å². The SMILES string of the molecule is Cc1ccccc1-n1c(SCc2nc(C(=O)NCc3ccc(F)cc3)cs2)nnc1-c1ccco1. The maximum Gasteiger partial charge on any atom is 0.271 e. The van der Waals surface area contributed by atoms with Gasteiger partial charge in [-0.3, -0.25) is 9.36 Å². The minimum atomic E-state index is -0.309. The van der Waals surface area contributed by atoms with Crippen molar-refractivity contribution in [2.45, 2.75) is 24.4 Å². The quantitative estimate of drug-likeness (QED) is 0.274. The molecule has 5 aromatic rings. The lowest BCUT2D eigenvalue weighted by molar-refractivity contribution is 0.0946. The van der Waals surface area contributed by atoms with Gasteiger partial charge in [0, 0.05) is 11.9 Å². The molecule has 0 aliphatic rings. The zero-order chi connectivity index (χ0) is 24.2. The number of carbonyl (C=O) groups is 1. The maximum atomic E-state index is 13.0. The van der Waals surface area contributed by atoms with Crippen molar-refractivity contribution in [3.8, 4) is 17.3 Å². The van der Waals surface area contributed by atoms with Crippen molar-refractivity contribution in [1.82, 2.24) is 25.1 Å². The third-order valence-electron chi connectivity index (χ3n) is 5.21. The smallest absolute Gasteiger partial charge is 0.271 e. The standard InChI is InChI=1S/C25H20FN5O2S2/c1-16-5-2-3-6-20(16)31-23(21-7-4-12-33-21)29-30-25(31)35-15-22-28-19(14-34-22)24(32)27-13-17-8-10-18(26)11-9-17/h2-12,14H,13,15H2,1H3,(H,27,32). The summed E-state index contributed by atoms with van der Waals surface area (Å²) >= 11 is 2.90. The Hall–Kier alpha value is -3.76. The first-order chi connectivity index (χ1) is 17.1. The van der Waals surface area contributed by atoms with Crippen LogP contribution in [0, 0.1) is 12.7 Å². The van der Waals surface area contributed by atoms with Crippen LogP contribution in [-0.4, -0.2) is 25.7 Å². The van der Waals surface area contributed by atoms with E-state index < -0.39 is 0 Å². The van der Waals surface area contributed by atoms with Gasteiger partial charge in [-0.15, -0.1) is 21.5 Å². The van der Waals surface area contributed by atoms with E-state index in [0.717, 1.165) is 21.8 Å². The Morgan fingerprint density at radius 3 is 2.71 bits per heavy atom. The van der Waals surface area contributed by atoms with Crippen LogP contribution in [0.3, 0.4) is 0 Å². The van der Waals surface area contributed by atoms with E-state index in [9.17, 15) is 9.18 Å². The number of aromatic nitrogens is 4. The number of aryl methyl sites for hydroxylation is 1. The first-order valence-corrected chi connectivity index (χ1v) is 12.6. The van der Waals surface area contributed by atoms with Crippen molar-refractivity contribution in [2.24, 2.45) is 0 Å². The Morgan fingerprint density at radius 2 is 1.94 bits per heavy atom. The van der Waals surface area contributed by atoms with Crippen LogP contribution in [0.2, 0.25) is 0 Å². The summed E-state index contributed by atoms with van der Waals surface area (Å²) in [5.74, 6) is 1.19. The molecular formula is C25H20FN5O2S2. The van der Waals surface area contributed by atoms with Crippen molar-refractivity contribution >= 4 is 29.0 Å². The van der Waals surface area contributed by atoms with Crippen molar-refractivity contribution in [3.63, 3.8) is 0 Å². The van der Waals surface area contributed by atoms with Crippen molar-refractivity contribution in [1.29, 1.82) is 0 Å². The fraction of sp³-hybridized carbons (Fsp3) is 0.120. The minimum Gasteiger partial charge on any atom is -0.461 e. The first-order valence-electron chi connectivity index (χ1n) is 10.7. The summed E-state index contributed by atoms with van der Waals surface area (Å²) in [7, 11) is 0. The fourth-order valence-electron chi connectivity index (χ4n) is 3.44. The van der Waals surface area contributed by atoms with Gasteiger partial charge in [-0.1, -0.05) is 42.1 Å². The third-order valence-corrected chi connectivity index (χ3v) is 7.18. The van der Waals surface area contributed by atoms with Gasteiger partial charge in [0.05, 0.1) is 17.7 Å². The number of hydrogen-bond acceptors (Lipinski definition) is 7. The second kappa shape index (κ2) is 10.2. The second-order valence-electron chi connectivity index (χ2n) is 7.63. The average molecular weight is 506 g/mol. The van der Waals surface area contributed by atoms with E-state index in [0.29, 0.717) is 34.7 Å². The topological polar surface area (TPSA) is 85.8 Å². The van der Waals surface area contributed by atoms with E-state index in [2.05, 4.69) is 20.5 Å². The molecule has 3 aromatic heterocycles. The Morgan fingerprint density at radius 1 is 1.11 bits per heavy atom. The van der Waals surface area contributed by atoms with E-state index >= 15 is 0 Å². The normalized spacial score (nSPS) is 11.0. The lowest BCUT2D eigenvalue weighted by Crippen LogP contribution is -2.23. The number of benzene rings is 2. The summed E-state index contributed by atoms with van der Waals surface area (Å²) in [6.45, 7) is 2.34. The predicted molar refractivity (Wildman–Crippen MR) is 133 cm³/mol. The molecular weight excluding hydrogens is 485 g/mol. The number of rotatable bonds is 8. The van der Waals surface area contributed by atoms with Crippen molar-refractivity contribution in [2.75, 3.05) is 0 Å². The molecule has 0 aliphatic carbocycles. The molecule has 0 bridgehead atoms. The molecule has 0 aliphatic heterocycles. The van der Waals surface area contributed by atoms with Crippen LogP contribution in [0.15, 0.2) is 81.9 Å². The van der Waals surface area contributed by atoms with Crippen LogP contribution in [0.4, 0.5) is 4.39 Å².